The first-order chi connectivity index (χ1) is 14.1. The number of anilines is 1. The molecule has 2 heterocycles. The molecule has 5 nitrogen and oxygen atoms in total. The number of benzene rings is 2. The Morgan fingerprint density at radius 1 is 0.897 bits per heavy atom. The van der Waals surface area contributed by atoms with Gasteiger partial charge in [0.25, 0.3) is 5.91 Å². The molecule has 0 spiro atoms. The third-order valence-corrected chi connectivity index (χ3v) is 6.04. The summed E-state index contributed by atoms with van der Waals surface area (Å²) in [5, 5.41) is 10.4. The first-order valence-corrected chi connectivity index (χ1v) is 10.7. The van der Waals surface area contributed by atoms with Crippen molar-refractivity contribution in [2.75, 3.05) is 31.1 Å². The third-order valence-electron chi connectivity index (χ3n) is 5.79. The van der Waals surface area contributed by atoms with Crippen molar-refractivity contribution in [2.45, 2.75) is 37.9 Å². The number of amides is 1. The van der Waals surface area contributed by atoms with Crippen LogP contribution < -0.4 is 9.64 Å². The van der Waals surface area contributed by atoms with Crippen molar-refractivity contribution in [1.82, 2.24) is 4.90 Å². The molecule has 0 unspecified atom stereocenters. The monoisotopic (exact) mass is 414 g/mol. The van der Waals surface area contributed by atoms with Crippen molar-refractivity contribution in [3.8, 4) is 5.75 Å². The maximum atomic E-state index is 12.9. The Hall–Kier alpha value is -2.24. The number of rotatable bonds is 4. The van der Waals surface area contributed by atoms with Crippen LogP contribution >= 0.6 is 11.6 Å². The van der Waals surface area contributed by atoms with Crippen LogP contribution in [-0.2, 0) is 0 Å². The van der Waals surface area contributed by atoms with Gasteiger partial charge in [0.15, 0.2) is 0 Å². The number of halogens is 1. The van der Waals surface area contributed by atoms with Crippen LogP contribution in [0.1, 0.15) is 36.0 Å². The highest BCUT2D eigenvalue weighted by Gasteiger charge is 2.25. The summed E-state index contributed by atoms with van der Waals surface area (Å²) in [6, 6.07) is 15.3. The van der Waals surface area contributed by atoms with E-state index in [0.717, 1.165) is 55.8 Å². The fourth-order valence-corrected chi connectivity index (χ4v) is 4.13. The zero-order valence-electron chi connectivity index (χ0n) is 16.5. The molecule has 2 fully saturated rings. The van der Waals surface area contributed by atoms with Gasteiger partial charge in [0.2, 0.25) is 0 Å². The molecular weight excluding hydrogens is 388 g/mol. The predicted molar refractivity (Wildman–Crippen MR) is 115 cm³/mol. The number of hydrogen-bond acceptors (Lipinski definition) is 4. The van der Waals surface area contributed by atoms with Gasteiger partial charge in [-0.05, 0) is 61.4 Å². The maximum absolute atomic E-state index is 12.9. The SMILES string of the molecule is O=C(c1ccc(N2CCC(O)CC2)cc1)N1CCC(Oc2ccc(Cl)cc2)CC1. The molecule has 6 heteroatoms. The number of aliphatic hydroxyl groups is 1. The van der Waals surface area contributed by atoms with E-state index in [2.05, 4.69) is 4.90 Å². The summed E-state index contributed by atoms with van der Waals surface area (Å²) in [4.78, 5) is 17.0. The molecule has 1 amide bonds. The van der Waals surface area contributed by atoms with Crippen LogP contribution in [0.5, 0.6) is 5.75 Å². The Morgan fingerprint density at radius 3 is 2.14 bits per heavy atom. The summed E-state index contributed by atoms with van der Waals surface area (Å²) in [6.07, 6.45) is 3.18. The molecular formula is C23H27ClN2O3. The Kier molecular flexibility index (Phi) is 6.26. The number of carbonyl (C=O) groups is 1. The molecule has 0 aromatic heterocycles. The van der Waals surface area contributed by atoms with E-state index in [1.165, 1.54) is 0 Å². The predicted octanol–water partition coefficient (Wildman–Crippen LogP) is 3.98. The van der Waals surface area contributed by atoms with Gasteiger partial charge in [0, 0.05) is 55.3 Å². The largest absolute Gasteiger partial charge is 0.490 e. The summed E-state index contributed by atoms with van der Waals surface area (Å²) < 4.78 is 6.01. The van der Waals surface area contributed by atoms with E-state index in [-0.39, 0.29) is 18.1 Å². The Labute approximate surface area is 176 Å². The van der Waals surface area contributed by atoms with Crippen molar-refractivity contribution in [1.29, 1.82) is 0 Å². The van der Waals surface area contributed by atoms with Crippen molar-refractivity contribution in [2.24, 2.45) is 0 Å². The molecule has 0 radical (unpaired) electrons. The van der Waals surface area contributed by atoms with Gasteiger partial charge in [-0.3, -0.25) is 4.79 Å². The average molecular weight is 415 g/mol. The van der Waals surface area contributed by atoms with Gasteiger partial charge in [-0.15, -0.1) is 0 Å². The van der Waals surface area contributed by atoms with Crippen LogP contribution in [0, 0.1) is 0 Å². The smallest absolute Gasteiger partial charge is 0.253 e. The molecule has 2 aliphatic rings. The van der Waals surface area contributed by atoms with E-state index in [0.29, 0.717) is 18.1 Å². The normalized spacial score (nSPS) is 18.7. The second-order valence-electron chi connectivity index (χ2n) is 7.83. The van der Waals surface area contributed by atoms with Crippen LogP contribution in [0.25, 0.3) is 0 Å². The summed E-state index contributed by atoms with van der Waals surface area (Å²) in [5.41, 5.74) is 1.84. The summed E-state index contributed by atoms with van der Waals surface area (Å²) in [6.45, 7) is 3.11. The number of hydrogen-bond donors (Lipinski definition) is 1. The molecule has 2 aromatic carbocycles. The first-order valence-electron chi connectivity index (χ1n) is 10.3. The zero-order valence-corrected chi connectivity index (χ0v) is 17.2. The standard InChI is InChI=1S/C23H27ClN2O3/c24-18-3-7-21(8-4-18)29-22-11-15-26(16-12-22)23(28)17-1-5-19(6-2-17)25-13-9-20(27)10-14-25/h1-8,20,22,27H,9-16H2. The quantitative estimate of drug-likeness (QED) is 0.822. The molecule has 2 saturated heterocycles. The second-order valence-corrected chi connectivity index (χ2v) is 8.26. The molecule has 0 saturated carbocycles. The lowest BCUT2D eigenvalue weighted by Gasteiger charge is -2.33. The maximum Gasteiger partial charge on any atom is 0.253 e. The summed E-state index contributed by atoms with van der Waals surface area (Å²) >= 11 is 5.91. The topological polar surface area (TPSA) is 53.0 Å². The second kappa shape index (κ2) is 9.06. The molecule has 2 aromatic rings. The average Bonchev–Trinajstić information content (AvgIpc) is 2.76. The van der Waals surface area contributed by atoms with Gasteiger partial charge in [0.05, 0.1) is 6.10 Å². The molecule has 0 bridgehead atoms. The van der Waals surface area contributed by atoms with Crippen LogP contribution in [0.3, 0.4) is 0 Å². The van der Waals surface area contributed by atoms with E-state index in [1.54, 1.807) is 0 Å². The van der Waals surface area contributed by atoms with Gasteiger partial charge < -0.3 is 19.6 Å². The highest BCUT2D eigenvalue weighted by Crippen LogP contribution is 2.24. The summed E-state index contributed by atoms with van der Waals surface area (Å²) in [7, 11) is 0. The number of piperidine rings is 2. The van der Waals surface area contributed by atoms with Gasteiger partial charge in [-0.25, -0.2) is 0 Å². The summed E-state index contributed by atoms with van der Waals surface area (Å²) in [5.74, 6) is 0.899. The first kappa shape index (κ1) is 20.0. The molecule has 0 atom stereocenters. The third kappa shape index (κ3) is 5.03. The Morgan fingerprint density at radius 2 is 1.52 bits per heavy atom. The minimum atomic E-state index is -0.182. The number of carbonyl (C=O) groups excluding carboxylic acids is 1. The molecule has 4 rings (SSSR count). The van der Waals surface area contributed by atoms with Gasteiger partial charge in [-0.2, -0.15) is 0 Å². The Bertz CT molecular complexity index is 809. The highest BCUT2D eigenvalue weighted by molar-refractivity contribution is 6.30. The van der Waals surface area contributed by atoms with Crippen LogP contribution in [0.2, 0.25) is 5.02 Å². The van der Waals surface area contributed by atoms with E-state index >= 15 is 0 Å². The molecule has 1 N–H and O–H groups in total. The Balaban J connectivity index is 1.29. The van der Waals surface area contributed by atoms with Crippen molar-refractivity contribution >= 4 is 23.2 Å². The fraction of sp³-hybridized carbons (Fsp3) is 0.435. The van der Waals surface area contributed by atoms with E-state index < -0.39 is 0 Å². The molecule has 0 aliphatic carbocycles. The molecule has 154 valence electrons. The van der Waals surface area contributed by atoms with Crippen molar-refractivity contribution in [3.05, 3.63) is 59.1 Å². The minimum absolute atomic E-state index is 0.0792. The van der Waals surface area contributed by atoms with Crippen molar-refractivity contribution in [3.63, 3.8) is 0 Å². The van der Waals surface area contributed by atoms with Crippen LogP contribution in [0.4, 0.5) is 5.69 Å². The lowest BCUT2D eigenvalue weighted by atomic mass is 10.0. The highest BCUT2D eigenvalue weighted by atomic mass is 35.5. The van der Waals surface area contributed by atoms with Crippen molar-refractivity contribution < 1.29 is 14.6 Å². The number of likely N-dealkylation sites (tertiary alicyclic amines) is 1. The lowest BCUT2D eigenvalue weighted by Crippen LogP contribution is -2.41. The fourth-order valence-electron chi connectivity index (χ4n) is 4.00. The number of aliphatic hydroxyl groups excluding tert-OH is 1. The van der Waals surface area contributed by atoms with Gasteiger partial charge >= 0.3 is 0 Å². The number of ether oxygens (including phenoxy) is 1. The molecule has 29 heavy (non-hydrogen) atoms. The van der Waals surface area contributed by atoms with Crippen LogP contribution in [0.15, 0.2) is 48.5 Å². The zero-order chi connectivity index (χ0) is 20.2. The lowest BCUT2D eigenvalue weighted by molar-refractivity contribution is 0.0595. The number of nitrogens with zero attached hydrogens (tertiary/aromatic N) is 2. The van der Waals surface area contributed by atoms with Gasteiger partial charge in [0.1, 0.15) is 11.9 Å². The van der Waals surface area contributed by atoms with E-state index in [1.807, 2.05) is 53.4 Å². The van der Waals surface area contributed by atoms with Gasteiger partial charge in [-0.1, -0.05) is 11.6 Å². The van der Waals surface area contributed by atoms with Crippen LogP contribution in [-0.4, -0.2) is 54.3 Å². The van der Waals surface area contributed by atoms with E-state index in [9.17, 15) is 9.90 Å². The molecule has 2 aliphatic heterocycles. The van der Waals surface area contributed by atoms with E-state index in [4.69, 9.17) is 16.3 Å². The minimum Gasteiger partial charge on any atom is -0.490 e.